The summed E-state index contributed by atoms with van der Waals surface area (Å²) in [5, 5.41) is 15.7. The van der Waals surface area contributed by atoms with Gasteiger partial charge in [0.25, 0.3) is 0 Å². The molecule has 150 valence electrons. The van der Waals surface area contributed by atoms with Crippen molar-refractivity contribution in [3.05, 3.63) is 71.9 Å². The summed E-state index contributed by atoms with van der Waals surface area (Å²) in [4.78, 5) is 39.2. The van der Waals surface area contributed by atoms with Crippen molar-refractivity contribution in [1.82, 2.24) is 15.6 Å². The van der Waals surface area contributed by atoms with E-state index in [1.165, 1.54) is 6.92 Å². The van der Waals surface area contributed by atoms with Gasteiger partial charge >= 0.3 is 5.97 Å². The summed E-state index contributed by atoms with van der Waals surface area (Å²) in [6.07, 6.45) is 2.15. The van der Waals surface area contributed by atoms with Gasteiger partial charge in [-0.25, -0.2) is 4.79 Å². The Balaban J connectivity index is 1.75. The second-order valence-corrected chi connectivity index (χ2v) is 6.91. The maximum absolute atomic E-state index is 12.8. The number of fused-ring (bicyclic) bond motifs is 1. The van der Waals surface area contributed by atoms with Gasteiger partial charge in [-0.3, -0.25) is 9.59 Å². The Morgan fingerprint density at radius 3 is 2.31 bits per heavy atom. The SMILES string of the molecule is CC(=O)N[C@@H](Cc1ccccc1)C(=O)N[C@H](Cc1c[nH]c2ccccc12)C(=O)O. The lowest BCUT2D eigenvalue weighted by atomic mass is 10.0. The molecule has 4 N–H and O–H groups in total. The zero-order valence-electron chi connectivity index (χ0n) is 16.0. The van der Waals surface area contributed by atoms with Crippen molar-refractivity contribution in [1.29, 1.82) is 0 Å². The lowest BCUT2D eigenvalue weighted by Crippen LogP contribution is -2.52. The minimum Gasteiger partial charge on any atom is -0.480 e. The lowest BCUT2D eigenvalue weighted by Gasteiger charge is -2.21. The van der Waals surface area contributed by atoms with Gasteiger partial charge in [0.05, 0.1) is 0 Å². The van der Waals surface area contributed by atoms with Gasteiger partial charge in [-0.1, -0.05) is 48.5 Å². The van der Waals surface area contributed by atoms with Crippen LogP contribution in [0.1, 0.15) is 18.1 Å². The van der Waals surface area contributed by atoms with Crippen LogP contribution in [0, 0.1) is 0 Å². The molecule has 7 nitrogen and oxygen atoms in total. The van der Waals surface area contributed by atoms with Crippen LogP contribution >= 0.6 is 0 Å². The number of amides is 2. The maximum Gasteiger partial charge on any atom is 0.326 e. The molecule has 2 aromatic carbocycles. The van der Waals surface area contributed by atoms with Gasteiger partial charge in [-0.2, -0.15) is 0 Å². The first-order valence-electron chi connectivity index (χ1n) is 9.33. The van der Waals surface area contributed by atoms with Crippen molar-refractivity contribution in [3.63, 3.8) is 0 Å². The third kappa shape index (κ3) is 5.22. The van der Waals surface area contributed by atoms with Crippen molar-refractivity contribution < 1.29 is 19.5 Å². The van der Waals surface area contributed by atoms with Gasteiger partial charge in [0, 0.05) is 36.9 Å². The zero-order chi connectivity index (χ0) is 20.8. The third-order valence-electron chi connectivity index (χ3n) is 4.69. The third-order valence-corrected chi connectivity index (χ3v) is 4.69. The highest BCUT2D eigenvalue weighted by molar-refractivity contribution is 5.91. The number of carbonyl (C=O) groups excluding carboxylic acids is 2. The van der Waals surface area contributed by atoms with Crippen LogP contribution in [0.15, 0.2) is 60.8 Å². The number of carboxylic acid groups (broad SMARTS) is 1. The number of benzene rings is 2. The summed E-state index contributed by atoms with van der Waals surface area (Å²) in [7, 11) is 0. The van der Waals surface area contributed by atoms with Crippen LogP contribution < -0.4 is 10.6 Å². The van der Waals surface area contributed by atoms with E-state index in [1.54, 1.807) is 6.20 Å². The average Bonchev–Trinajstić information content (AvgIpc) is 3.10. The molecule has 0 unspecified atom stereocenters. The molecule has 0 aliphatic rings. The summed E-state index contributed by atoms with van der Waals surface area (Å²) in [5.41, 5.74) is 2.57. The number of H-pyrrole nitrogens is 1. The molecule has 0 fully saturated rings. The van der Waals surface area contributed by atoms with Crippen molar-refractivity contribution in [3.8, 4) is 0 Å². The van der Waals surface area contributed by atoms with Gasteiger partial charge in [0.1, 0.15) is 12.1 Å². The molecule has 0 aliphatic heterocycles. The largest absolute Gasteiger partial charge is 0.480 e. The molecule has 0 saturated carbocycles. The molecule has 0 spiro atoms. The van der Waals surface area contributed by atoms with E-state index in [2.05, 4.69) is 15.6 Å². The van der Waals surface area contributed by atoms with Gasteiger partial charge in [0.15, 0.2) is 0 Å². The standard InChI is InChI=1S/C22H23N3O4/c1-14(26)24-19(11-15-7-3-2-4-8-15)21(27)25-20(22(28)29)12-16-13-23-18-10-6-5-9-17(16)18/h2-10,13,19-20,23H,11-12H2,1H3,(H,24,26)(H,25,27)(H,28,29)/t19-,20+/m0/s1. The average molecular weight is 393 g/mol. The molecule has 29 heavy (non-hydrogen) atoms. The van der Waals surface area contributed by atoms with E-state index in [1.807, 2.05) is 54.6 Å². The van der Waals surface area contributed by atoms with Crippen LogP contribution in [-0.2, 0) is 27.2 Å². The van der Waals surface area contributed by atoms with Crippen molar-refractivity contribution in [2.45, 2.75) is 31.8 Å². The Morgan fingerprint density at radius 1 is 0.931 bits per heavy atom. The number of aromatic nitrogens is 1. The minimum absolute atomic E-state index is 0.128. The smallest absolute Gasteiger partial charge is 0.326 e. The molecular formula is C22H23N3O4. The Kier molecular flexibility index (Phi) is 6.29. The number of aromatic amines is 1. The van der Waals surface area contributed by atoms with Crippen molar-refractivity contribution in [2.75, 3.05) is 0 Å². The molecule has 7 heteroatoms. The van der Waals surface area contributed by atoms with E-state index in [-0.39, 0.29) is 18.7 Å². The molecule has 2 amide bonds. The highest BCUT2D eigenvalue weighted by Gasteiger charge is 2.27. The van der Waals surface area contributed by atoms with Gasteiger partial charge < -0.3 is 20.7 Å². The number of rotatable bonds is 8. The van der Waals surface area contributed by atoms with Gasteiger partial charge in [-0.15, -0.1) is 0 Å². The van der Waals surface area contributed by atoms with E-state index >= 15 is 0 Å². The van der Waals surface area contributed by atoms with Crippen LogP contribution in [-0.4, -0.2) is 40.0 Å². The number of hydrogen-bond donors (Lipinski definition) is 4. The predicted molar refractivity (Wildman–Crippen MR) is 109 cm³/mol. The summed E-state index contributed by atoms with van der Waals surface area (Å²) in [6, 6.07) is 14.8. The van der Waals surface area contributed by atoms with Crippen LogP contribution in [0.3, 0.4) is 0 Å². The summed E-state index contributed by atoms with van der Waals surface area (Å²) < 4.78 is 0. The lowest BCUT2D eigenvalue weighted by molar-refractivity contribution is -0.142. The van der Waals surface area contributed by atoms with Crippen molar-refractivity contribution >= 4 is 28.7 Å². The van der Waals surface area contributed by atoms with Crippen LogP contribution in [0.4, 0.5) is 0 Å². The molecule has 2 atom stereocenters. The first kappa shape index (κ1) is 20.1. The van der Waals surface area contributed by atoms with Gasteiger partial charge in [0.2, 0.25) is 11.8 Å². The van der Waals surface area contributed by atoms with E-state index in [0.29, 0.717) is 0 Å². The second-order valence-electron chi connectivity index (χ2n) is 6.91. The Hall–Kier alpha value is -3.61. The highest BCUT2D eigenvalue weighted by Crippen LogP contribution is 2.19. The number of hydrogen-bond acceptors (Lipinski definition) is 3. The summed E-state index contributed by atoms with van der Waals surface area (Å²) in [5.74, 6) is -2.02. The van der Waals surface area contributed by atoms with E-state index in [0.717, 1.165) is 22.0 Å². The summed E-state index contributed by atoms with van der Waals surface area (Å²) in [6.45, 7) is 1.33. The Labute approximate surface area is 168 Å². The van der Waals surface area contributed by atoms with Crippen LogP contribution in [0.5, 0.6) is 0 Å². The van der Waals surface area contributed by atoms with E-state index in [4.69, 9.17) is 0 Å². The molecule has 1 heterocycles. The highest BCUT2D eigenvalue weighted by atomic mass is 16.4. The molecule has 0 aliphatic carbocycles. The molecule has 1 aromatic heterocycles. The van der Waals surface area contributed by atoms with Crippen LogP contribution in [0.25, 0.3) is 10.9 Å². The molecule has 3 aromatic rings. The Morgan fingerprint density at radius 2 is 1.62 bits per heavy atom. The minimum atomic E-state index is -1.13. The predicted octanol–water partition coefficient (Wildman–Crippen LogP) is 2.03. The normalized spacial score (nSPS) is 12.9. The topological polar surface area (TPSA) is 111 Å². The number of para-hydroxylation sites is 1. The fourth-order valence-electron chi connectivity index (χ4n) is 3.30. The number of aliphatic carboxylic acids is 1. The first-order chi connectivity index (χ1) is 13.9. The first-order valence-corrected chi connectivity index (χ1v) is 9.33. The molecule has 0 bridgehead atoms. The van der Waals surface area contributed by atoms with Crippen molar-refractivity contribution in [2.24, 2.45) is 0 Å². The quantitative estimate of drug-likeness (QED) is 0.469. The second kappa shape index (κ2) is 9.05. The monoisotopic (exact) mass is 393 g/mol. The van der Waals surface area contributed by atoms with E-state index < -0.39 is 24.0 Å². The van der Waals surface area contributed by atoms with E-state index in [9.17, 15) is 19.5 Å². The van der Waals surface area contributed by atoms with Gasteiger partial charge in [-0.05, 0) is 17.2 Å². The molecule has 0 saturated heterocycles. The molecular weight excluding hydrogens is 370 g/mol. The Bertz CT molecular complexity index is 1010. The summed E-state index contributed by atoms with van der Waals surface area (Å²) >= 11 is 0. The number of nitrogens with one attached hydrogen (secondary N) is 3. The number of carboxylic acids is 1. The number of carbonyl (C=O) groups is 3. The molecule has 3 rings (SSSR count). The maximum atomic E-state index is 12.8. The fourth-order valence-corrected chi connectivity index (χ4v) is 3.30. The zero-order valence-corrected chi connectivity index (χ0v) is 16.0. The van der Waals surface area contributed by atoms with Crippen LogP contribution in [0.2, 0.25) is 0 Å². The fraction of sp³-hybridized carbons (Fsp3) is 0.227. The molecule has 0 radical (unpaired) electrons.